The van der Waals surface area contributed by atoms with Gasteiger partial charge in [0, 0.05) is 22.7 Å². The number of amides is 3. The van der Waals surface area contributed by atoms with E-state index in [1.54, 1.807) is 42.6 Å². The molecule has 3 rings (SSSR count). The van der Waals surface area contributed by atoms with Crippen molar-refractivity contribution in [2.45, 2.75) is 6.54 Å². The van der Waals surface area contributed by atoms with Crippen LogP contribution in [0.5, 0.6) is 0 Å². The summed E-state index contributed by atoms with van der Waals surface area (Å²) < 4.78 is 3.80. The molecule has 1 aromatic carbocycles. The van der Waals surface area contributed by atoms with Crippen molar-refractivity contribution < 1.29 is 9.59 Å². The third-order valence-corrected chi connectivity index (χ3v) is 3.69. The highest BCUT2D eigenvalue weighted by Gasteiger charge is 2.10. The topological polar surface area (TPSA) is 96.9 Å². The van der Waals surface area contributed by atoms with Crippen LogP contribution in [0.4, 0.5) is 4.79 Å². The van der Waals surface area contributed by atoms with E-state index in [1.165, 1.54) is 11.5 Å². The Kier molecular flexibility index (Phi) is 4.87. The Morgan fingerprint density at radius 3 is 2.58 bits per heavy atom. The first-order chi connectivity index (χ1) is 11.7. The van der Waals surface area contributed by atoms with E-state index in [0.717, 1.165) is 11.3 Å². The first-order valence-electron chi connectivity index (χ1n) is 7.09. The summed E-state index contributed by atoms with van der Waals surface area (Å²) in [4.78, 5) is 27.9. The number of hydrogen-bond donors (Lipinski definition) is 2. The van der Waals surface area contributed by atoms with Gasteiger partial charge in [-0.15, -0.1) is 5.10 Å². The van der Waals surface area contributed by atoms with Gasteiger partial charge in [-0.25, -0.2) is 4.79 Å². The van der Waals surface area contributed by atoms with Crippen LogP contribution in [-0.4, -0.2) is 26.5 Å². The summed E-state index contributed by atoms with van der Waals surface area (Å²) in [5.41, 5.74) is 2.70. The minimum Gasteiger partial charge on any atom is -0.332 e. The van der Waals surface area contributed by atoms with Crippen molar-refractivity contribution in [1.82, 2.24) is 25.2 Å². The van der Waals surface area contributed by atoms with E-state index >= 15 is 0 Å². The van der Waals surface area contributed by atoms with Crippen molar-refractivity contribution in [2.24, 2.45) is 0 Å². The van der Waals surface area contributed by atoms with Gasteiger partial charge < -0.3 is 5.32 Å². The highest BCUT2D eigenvalue weighted by atomic mass is 32.1. The molecule has 0 radical (unpaired) electrons. The first kappa shape index (κ1) is 15.8. The molecule has 0 aliphatic carbocycles. The van der Waals surface area contributed by atoms with Crippen molar-refractivity contribution >= 4 is 23.5 Å². The number of benzene rings is 1. The van der Waals surface area contributed by atoms with Crippen LogP contribution in [0.1, 0.15) is 16.1 Å². The lowest BCUT2D eigenvalue weighted by Gasteiger charge is -2.06. The zero-order chi connectivity index (χ0) is 16.8. The molecule has 0 spiro atoms. The van der Waals surface area contributed by atoms with Crippen molar-refractivity contribution in [3.63, 3.8) is 0 Å². The van der Waals surface area contributed by atoms with Gasteiger partial charge in [-0.05, 0) is 35.8 Å². The molecular formula is C16H13N5O2S. The monoisotopic (exact) mass is 339 g/mol. The standard InChI is InChI=1S/C16H13N5O2S/c22-15(19-16(23)18-9-13-3-1-2-8-17-13)12-6-4-11(5-7-12)14-10-24-21-20-14/h1-8,10H,9H2,(H2,18,19,22,23). The SMILES string of the molecule is O=C(NCc1ccccn1)NC(=O)c1ccc(-c2csnn2)cc1. The van der Waals surface area contributed by atoms with E-state index in [1.807, 2.05) is 11.4 Å². The Morgan fingerprint density at radius 2 is 1.92 bits per heavy atom. The molecule has 7 nitrogen and oxygen atoms in total. The first-order valence-corrected chi connectivity index (χ1v) is 7.92. The minimum atomic E-state index is -0.571. The Morgan fingerprint density at radius 1 is 1.08 bits per heavy atom. The third-order valence-electron chi connectivity index (χ3n) is 3.19. The number of aromatic nitrogens is 3. The highest BCUT2D eigenvalue weighted by Crippen LogP contribution is 2.18. The smallest absolute Gasteiger partial charge is 0.322 e. The van der Waals surface area contributed by atoms with E-state index in [9.17, 15) is 9.59 Å². The van der Waals surface area contributed by atoms with Gasteiger partial charge in [-0.1, -0.05) is 22.7 Å². The largest absolute Gasteiger partial charge is 0.332 e. The number of pyridine rings is 1. The molecule has 120 valence electrons. The minimum absolute atomic E-state index is 0.246. The maximum Gasteiger partial charge on any atom is 0.322 e. The molecule has 0 atom stereocenters. The molecule has 24 heavy (non-hydrogen) atoms. The lowest BCUT2D eigenvalue weighted by atomic mass is 10.1. The maximum atomic E-state index is 12.1. The molecule has 8 heteroatoms. The summed E-state index contributed by atoms with van der Waals surface area (Å²) in [6.07, 6.45) is 1.64. The van der Waals surface area contributed by atoms with Crippen LogP contribution in [0.2, 0.25) is 0 Å². The number of nitrogens with zero attached hydrogens (tertiary/aromatic N) is 3. The fourth-order valence-corrected chi connectivity index (χ4v) is 2.44. The van der Waals surface area contributed by atoms with E-state index in [2.05, 4.69) is 25.2 Å². The zero-order valence-corrected chi connectivity index (χ0v) is 13.3. The average Bonchev–Trinajstić information content (AvgIpc) is 3.16. The Hall–Kier alpha value is -3.13. The van der Waals surface area contributed by atoms with E-state index in [-0.39, 0.29) is 6.54 Å². The van der Waals surface area contributed by atoms with Gasteiger partial charge in [0.2, 0.25) is 0 Å². The summed E-state index contributed by atoms with van der Waals surface area (Å²) in [5.74, 6) is -0.475. The molecule has 0 saturated heterocycles. The number of urea groups is 1. The second-order valence-electron chi connectivity index (χ2n) is 4.83. The molecular weight excluding hydrogens is 326 g/mol. The van der Waals surface area contributed by atoms with Crippen LogP contribution >= 0.6 is 11.5 Å². The number of carbonyl (C=O) groups is 2. The normalized spacial score (nSPS) is 10.2. The summed E-state index contributed by atoms with van der Waals surface area (Å²) in [7, 11) is 0. The van der Waals surface area contributed by atoms with E-state index in [0.29, 0.717) is 11.3 Å². The fourth-order valence-electron chi connectivity index (χ4n) is 1.98. The Labute approximate surface area is 141 Å². The predicted octanol–water partition coefficient (Wildman–Crippen LogP) is 2.24. The number of nitrogens with one attached hydrogen (secondary N) is 2. The zero-order valence-electron chi connectivity index (χ0n) is 12.5. The van der Waals surface area contributed by atoms with Crippen molar-refractivity contribution in [3.8, 4) is 11.3 Å². The fraction of sp³-hybridized carbons (Fsp3) is 0.0625. The van der Waals surface area contributed by atoms with Crippen LogP contribution < -0.4 is 10.6 Å². The van der Waals surface area contributed by atoms with Crippen molar-refractivity contribution in [2.75, 3.05) is 0 Å². The number of rotatable bonds is 4. The van der Waals surface area contributed by atoms with Crippen molar-refractivity contribution in [3.05, 3.63) is 65.3 Å². The maximum absolute atomic E-state index is 12.1. The van der Waals surface area contributed by atoms with Crippen LogP contribution in [0.3, 0.4) is 0 Å². The summed E-state index contributed by atoms with van der Waals surface area (Å²) in [5, 5.41) is 10.6. The quantitative estimate of drug-likeness (QED) is 0.760. The number of hydrogen-bond acceptors (Lipinski definition) is 6. The van der Waals surface area contributed by atoms with Crippen LogP contribution in [0.15, 0.2) is 54.0 Å². The van der Waals surface area contributed by atoms with Gasteiger partial charge >= 0.3 is 6.03 Å². The predicted molar refractivity (Wildman–Crippen MR) is 89.3 cm³/mol. The highest BCUT2D eigenvalue weighted by molar-refractivity contribution is 7.03. The third kappa shape index (κ3) is 3.99. The molecule has 2 N–H and O–H groups in total. The molecule has 0 saturated carbocycles. The van der Waals surface area contributed by atoms with E-state index in [4.69, 9.17) is 0 Å². The Bertz CT molecular complexity index is 819. The van der Waals surface area contributed by atoms with Gasteiger partial charge in [0.25, 0.3) is 5.91 Å². The summed E-state index contributed by atoms with van der Waals surface area (Å²) in [6.45, 7) is 0.246. The molecule has 0 unspecified atom stereocenters. The molecule has 2 heterocycles. The van der Waals surface area contributed by atoms with Crippen LogP contribution in [0, 0.1) is 0 Å². The summed E-state index contributed by atoms with van der Waals surface area (Å²) in [6, 6.07) is 11.6. The van der Waals surface area contributed by atoms with E-state index < -0.39 is 11.9 Å². The average molecular weight is 339 g/mol. The van der Waals surface area contributed by atoms with Crippen LogP contribution in [-0.2, 0) is 6.54 Å². The molecule has 0 aliphatic rings. The van der Waals surface area contributed by atoms with Gasteiger partial charge in [-0.3, -0.25) is 15.1 Å². The second-order valence-corrected chi connectivity index (χ2v) is 5.44. The summed E-state index contributed by atoms with van der Waals surface area (Å²) >= 11 is 1.26. The lowest BCUT2D eigenvalue weighted by molar-refractivity contribution is 0.0964. The Balaban J connectivity index is 1.55. The van der Waals surface area contributed by atoms with Gasteiger partial charge in [-0.2, -0.15) is 0 Å². The molecule has 3 aromatic rings. The molecule has 2 aromatic heterocycles. The lowest BCUT2D eigenvalue weighted by Crippen LogP contribution is -2.39. The second kappa shape index (κ2) is 7.42. The van der Waals surface area contributed by atoms with Gasteiger partial charge in [0.1, 0.15) is 5.69 Å². The molecule has 0 bridgehead atoms. The van der Waals surface area contributed by atoms with Crippen LogP contribution in [0.25, 0.3) is 11.3 Å². The molecule has 0 fully saturated rings. The number of carbonyl (C=O) groups excluding carboxylic acids is 2. The molecule has 3 amide bonds. The number of imide groups is 1. The van der Waals surface area contributed by atoms with Gasteiger partial charge in [0.15, 0.2) is 0 Å². The van der Waals surface area contributed by atoms with Gasteiger partial charge in [0.05, 0.1) is 12.2 Å². The molecule has 0 aliphatic heterocycles. The van der Waals surface area contributed by atoms with Crippen molar-refractivity contribution in [1.29, 1.82) is 0 Å².